The third kappa shape index (κ3) is 2.47. The molecule has 0 saturated heterocycles. The topological polar surface area (TPSA) is 35.0 Å². The van der Waals surface area contributed by atoms with Crippen LogP contribution in [0.2, 0.25) is 0 Å². The molecule has 0 spiro atoms. The first-order valence-electron chi connectivity index (χ1n) is 7.12. The maximum Gasteiger partial charge on any atom is 0.131 e. The first-order chi connectivity index (χ1) is 9.54. The van der Waals surface area contributed by atoms with Gasteiger partial charge in [-0.1, -0.05) is 13.8 Å². The Kier molecular flexibility index (Phi) is 3.77. The third-order valence-electron chi connectivity index (χ3n) is 3.54. The lowest BCUT2D eigenvalue weighted by atomic mass is 9.95. The number of fused-ring (bicyclic) bond motifs is 3. The molecule has 0 aromatic carbocycles. The Bertz CT molecular complexity index is 649. The number of rotatable bonds is 3. The smallest absolute Gasteiger partial charge is 0.131 e. The summed E-state index contributed by atoms with van der Waals surface area (Å²) in [7, 11) is 0. The van der Waals surface area contributed by atoms with Gasteiger partial charge in [-0.25, -0.2) is 9.97 Å². The first kappa shape index (κ1) is 14.3. The fourth-order valence-corrected chi connectivity index (χ4v) is 4.55. The van der Waals surface area contributed by atoms with Crippen LogP contribution in [0.3, 0.4) is 0 Å². The lowest BCUT2D eigenvalue weighted by molar-refractivity contribution is -0.0379. The Hall–Kier alpha value is -0.650. The highest BCUT2D eigenvalue weighted by Crippen LogP contribution is 2.41. The zero-order valence-electron chi connectivity index (χ0n) is 12.4. The van der Waals surface area contributed by atoms with Crippen molar-refractivity contribution in [1.29, 1.82) is 0 Å². The fraction of sp³-hybridized carbons (Fsp3) is 0.600. The number of aryl methyl sites for hydroxylation is 1. The van der Waals surface area contributed by atoms with Crippen LogP contribution in [-0.4, -0.2) is 21.3 Å². The van der Waals surface area contributed by atoms with Crippen molar-refractivity contribution in [3.63, 3.8) is 0 Å². The van der Waals surface area contributed by atoms with Crippen molar-refractivity contribution >= 4 is 33.3 Å². The number of hydrogen-bond acceptors (Lipinski definition) is 5. The van der Waals surface area contributed by atoms with Gasteiger partial charge in [-0.2, -0.15) is 0 Å². The van der Waals surface area contributed by atoms with Crippen LogP contribution in [0.5, 0.6) is 0 Å². The van der Waals surface area contributed by atoms with Crippen LogP contribution >= 0.6 is 23.1 Å². The van der Waals surface area contributed by atoms with Gasteiger partial charge >= 0.3 is 0 Å². The van der Waals surface area contributed by atoms with Crippen LogP contribution in [0.15, 0.2) is 5.03 Å². The van der Waals surface area contributed by atoms with E-state index in [0.717, 1.165) is 34.3 Å². The van der Waals surface area contributed by atoms with E-state index in [1.54, 1.807) is 11.3 Å². The van der Waals surface area contributed by atoms with Gasteiger partial charge in [-0.3, -0.25) is 0 Å². The average Bonchev–Trinajstić information content (AvgIpc) is 2.75. The van der Waals surface area contributed by atoms with Gasteiger partial charge in [0.15, 0.2) is 0 Å². The molecule has 3 heterocycles. The van der Waals surface area contributed by atoms with Crippen LogP contribution in [0.25, 0.3) is 10.2 Å². The first-order valence-corrected chi connectivity index (χ1v) is 8.92. The van der Waals surface area contributed by atoms with Crippen LogP contribution < -0.4 is 0 Å². The molecule has 2 aromatic rings. The Morgan fingerprint density at radius 1 is 1.30 bits per heavy atom. The van der Waals surface area contributed by atoms with E-state index in [1.807, 2.05) is 11.8 Å². The lowest BCUT2D eigenvalue weighted by Crippen LogP contribution is -2.31. The summed E-state index contributed by atoms with van der Waals surface area (Å²) in [6.07, 6.45) is 1.84. The van der Waals surface area contributed by atoms with Crippen molar-refractivity contribution in [2.45, 2.75) is 57.8 Å². The molecule has 20 heavy (non-hydrogen) atoms. The molecule has 5 heteroatoms. The Morgan fingerprint density at radius 2 is 2.10 bits per heavy atom. The van der Waals surface area contributed by atoms with Crippen LogP contribution in [0.1, 0.15) is 44.0 Å². The summed E-state index contributed by atoms with van der Waals surface area (Å²) in [4.78, 5) is 12.0. The molecule has 0 radical (unpaired) electrons. The standard InChI is InChI=1S/C15H20N2OS2/c1-5-11-16-13(19-6-2)12-9-7-15(3,4)18-8-10(9)20-14(12)17-11/h5-8H2,1-4H3. The molecule has 0 saturated carbocycles. The summed E-state index contributed by atoms with van der Waals surface area (Å²) in [5, 5.41) is 2.44. The van der Waals surface area contributed by atoms with E-state index in [-0.39, 0.29) is 5.60 Å². The highest BCUT2D eigenvalue weighted by Gasteiger charge is 2.30. The molecular formula is C15H20N2OS2. The van der Waals surface area contributed by atoms with Crippen LogP contribution in [0.4, 0.5) is 0 Å². The molecule has 0 aliphatic carbocycles. The van der Waals surface area contributed by atoms with Gasteiger partial charge in [-0.15, -0.1) is 23.1 Å². The monoisotopic (exact) mass is 308 g/mol. The van der Waals surface area contributed by atoms with E-state index in [9.17, 15) is 0 Å². The minimum atomic E-state index is -0.0847. The van der Waals surface area contributed by atoms with Gasteiger partial charge in [0.25, 0.3) is 0 Å². The van der Waals surface area contributed by atoms with E-state index >= 15 is 0 Å². The maximum absolute atomic E-state index is 5.93. The SMILES string of the molecule is CCSc1nc(CC)nc2sc3c(c12)CC(C)(C)OC3. The van der Waals surface area contributed by atoms with Crippen molar-refractivity contribution in [2.24, 2.45) is 0 Å². The zero-order valence-corrected chi connectivity index (χ0v) is 14.1. The number of thioether (sulfide) groups is 1. The highest BCUT2D eigenvalue weighted by atomic mass is 32.2. The minimum Gasteiger partial charge on any atom is -0.370 e. The number of hydrogen-bond donors (Lipinski definition) is 0. The van der Waals surface area contributed by atoms with Crippen molar-refractivity contribution in [3.8, 4) is 0 Å². The summed E-state index contributed by atoms with van der Waals surface area (Å²) in [6.45, 7) is 9.32. The normalized spacial score (nSPS) is 17.4. The van der Waals surface area contributed by atoms with E-state index in [1.165, 1.54) is 15.8 Å². The zero-order chi connectivity index (χ0) is 14.3. The fourth-order valence-electron chi connectivity index (χ4n) is 2.55. The van der Waals surface area contributed by atoms with E-state index in [4.69, 9.17) is 14.7 Å². The second-order valence-corrected chi connectivity index (χ2v) is 7.98. The molecule has 0 atom stereocenters. The molecule has 1 aliphatic rings. The number of aromatic nitrogens is 2. The van der Waals surface area contributed by atoms with Gasteiger partial charge in [-0.05, 0) is 25.2 Å². The molecule has 0 amide bonds. The Balaban J connectivity index is 2.22. The quantitative estimate of drug-likeness (QED) is 0.628. The molecule has 1 aliphatic heterocycles. The molecule has 2 aromatic heterocycles. The molecular weight excluding hydrogens is 288 g/mol. The number of ether oxygens (including phenoxy) is 1. The summed E-state index contributed by atoms with van der Waals surface area (Å²) in [6, 6.07) is 0. The van der Waals surface area contributed by atoms with Crippen molar-refractivity contribution in [3.05, 3.63) is 16.3 Å². The molecule has 3 nitrogen and oxygen atoms in total. The molecule has 0 unspecified atom stereocenters. The highest BCUT2D eigenvalue weighted by molar-refractivity contribution is 7.99. The Labute approximate surface area is 128 Å². The lowest BCUT2D eigenvalue weighted by Gasteiger charge is -2.30. The Morgan fingerprint density at radius 3 is 2.80 bits per heavy atom. The average molecular weight is 308 g/mol. The van der Waals surface area contributed by atoms with E-state index < -0.39 is 0 Å². The van der Waals surface area contributed by atoms with Crippen molar-refractivity contribution < 1.29 is 4.74 Å². The minimum absolute atomic E-state index is 0.0847. The number of nitrogens with zero attached hydrogens (tertiary/aromatic N) is 2. The maximum atomic E-state index is 5.93. The molecule has 0 fully saturated rings. The summed E-state index contributed by atoms with van der Waals surface area (Å²) >= 11 is 3.61. The summed E-state index contributed by atoms with van der Waals surface area (Å²) < 4.78 is 5.93. The molecule has 0 N–H and O–H groups in total. The van der Waals surface area contributed by atoms with Gasteiger partial charge in [0.05, 0.1) is 12.2 Å². The van der Waals surface area contributed by atoms with Crippen molar-refractivity contribution in [2.75, 3.05) is 5.75 Å². The third-order valence-corrected chi connectivity index (χ3v) is 5.50. The second-order valence-electron chi connectivity index (χ2n) is 5.64. The van der Waals surface area contributed by atoms with Crippen LogP contribution in [-0.2, 0) is 24.2 Å². The largest absolute Gasteiger partial charge is 0.370 e. The van der Waals surface area contributed by atoms with Crippen molar-refractivity contribution in [1.82, 2.24) is 9.97 Å². The molecule has 108 valence electrons. The van der Waals surface area contributed by atoms with Crippen LogP contribution in [0, 0.1) is 0 Å². The number of thiophene rings is 1. The van der Waals surface area contributed by atoms with Gasteiger partial charge < -0.3 is 4.74 Å². The van der Waals surface area contributed by atoms with Gasteiger partial charge in [0, 0.05) is 23.1 Å². The van der Waals surface area contributed by atoms with Gasteiger partial charge in [0.2, 0.25) is 0 Å². The molecule has 3 rings (SSSR count). The predicted octanol–water partition coefficient (Wildman–Crippen LogP) is 4.22. The summed E-state index contributed by atoms with van der Waals surface area (Å²) in [5.74, 6) is 1.99. The molecule has 0 bridgehead atoms. The summed E-state index contributed by atoms with van der Waals surface area (Å²) in [5.41, 5.74) is 1.33. The van der Waals surface area contributed by atoms with E-state index in [0.29, 0.717) is 6.61 Å². The second kappa shape index (κ2) is 5.28. The van der Waals surface area contributed by atoms with Gasteiger partial charge in [0.1, 0.15) is 15.7 Å². The predicted molar refractivity (Wildman–Crippen MR) is 85.8 cm³/mol. The van der Waals surface area contributed by atoms with E-state index in [2.05, 4.69) is 27.7 Å².